The van der Waals surface area contributed by atoms with E-state index in [9.17, 15) is 0 Å². The van der Waals surface area contributed by atoms with E-state index in [1.807, 2.05) is 19.9 Å². The number of hydrogen-bond donors (Lipinski definition) is 0. The highest BCUT2D eigenvalue weighted by Gasteiger charge is 2.08. The second-order valence-corrected chi connectivity index (χ2v) is 6.37. The molecule has 3 rings (SSSR count). The molecule has 108 valence electrons. The van der Waals surface area contributed by atoms with Gasteiger partial charge in [0.1, 0.15) is 0 Å². The van der Waals surface area contributed by atoms with E-state index < -0.39 is 0 Å². The van der Waals surface area contributed by atoms with Crippen LogP contribution in [0.5, 0.6) is 0 Å². The summed E-state index contributed by atoms with van der Waals surface area (Å²) >= 11 is 1.65. The fourth-order valence-electron chi connectivity index (χ4n) is 2.51. The molecule has 0 aliphatic carbocycles. The minimum atomic E-state index is 0.676. The van der Waals surface area contributed by atoms with Crippen molar-refractivity contribution in [1.82, 2.24) is 19.6 Å². The van der Waals surface area contributed by atoms with Crippen LogP contribution >= 0.6 is 11.8 Å². The molecular formula is C16H18N4S. The molecule has 0 aliphatic rings. The lowest BCUT2D eigenvalue weighted by molar-refractivity contribution is 0.843. The average Bonchev–Trinajstić information content (AvgIpc) is 2.78. The number of aryl methyl sites for hydroxylation is 4. The van der Waals surface area contributed by atoms with Gasteiger partial charge in [0.05, 0.1) is 0 Å². The molecule has 0 N–H and O–H groups in total. The van der Waals surface area contributed by atoms with Gasteiger partial charge in [-0.05, 0) is 39.3 Å². The molecule has 0 aliphatic heterocycles. The topological polar surface area (TPSA) is 43.1 Å². The van der Waals surface area contributed by atoms with Gasteiger partial charge >= 0.3 is 0 Å². The quantitative estimate of drug-likeness (QED) is 0.692. The van der Waals surface area contributed by atoms with Crippen LogP contribution in [0, 0.1) is 27.7 Å². The zero-order chi connectivity index (χ0) is 15.0. The normalized spacial score (nSPS) is 11.2. The van der Waals surface area contributed by atoms with Gasteiger partial charge in [-0.25, -0.2) is 9.50 Å². The molecule has 0 fully saturated rings. The number of nitrogens with zero attached hydrogens (tertiary/aromatic N) is 4. The van der Waals surface area contributed by atoms with Gasteiger partial charge in [0.15, 0.2) is 0 Å². The van der Waals surface area contributed by atoms with Crippen LogP contribution in [0.15, 0.2) is 29.4 Å². The summed E-state index contributed by atoms with van der Waals surface area (Å²) in [7, 11) is 0. The molecule has 0 saturated heterocycles. The van der Waals surface area contributed by atoms with E-state index in [1.165, 1.54) is 16.7 Å². The smallest absolute Gasteiger partial charge is 0.216 e. The van der Waals surface area contributed by atoms with E-state index in [0.29, 0.717) is 5.78 Å². The Hall–Kier alpha value is -1.88. The minimum Gasteiger partial charge on any atom is -0.216 e. The molecule has 21 heavy (non-hydrogen) atoms. The molecule has 0 amide bonds. The van der Waals surface area contributed by atoms with Gasteiger partial charge in [0.25, 0.3) is 5.78 Å². The summed E-state index contributed by atoms with van der Waals surface area (Å²) in [5.41, 5.74) is 5.92. The van der Waals surface area contributed by atoms with Crippen molar-refractivity contribution in [1.29, 1.82) is 0 Å². The summed E-state index contributed by atoms with van der Waals surface area (Å²) < 4.78 is 1.80. The first-order chi connectivity index (χ1) is 10.0. The molecule has 2 heterocycles. The third-order valence-corrected chi connectivity index (χ3v) is 4.16. The standard InChI is InChI=1S/C16H18N4S/c1-10-5-11(2)7-14(6-10)9-21-16-18-15-17-12(3)8-13(4)20(15)19-16/h5-8H,9H2,1-4H3. The van der Waals surface area contributed by atoms with Gasteiger partial charge in [-0.1, -0.05) is 41.1 Å². The lowest BCUT2D eigenvalue weighted by Crippen LogP contribution is -1.97. The van der Waals surface area contributed by atoms with Crippen LogP contribution < -0.4 is 0 Å². The molecule has 0 bridgehead atoms. The molecule has 4 nitrogen and oxygen atoms in total. The van der Waals surface area contributed by atoms with Crippen LogP contribution in [0.25, 0.3) is 5.78 Å². The summed E-state index contributed by atoms with van der Waals surface area (Å²) in [5, 5.41) is 5.29. The van der Waals surface area contributed by atoms with Gasteiger partial charge in [-0.2, -0.15) is 4.98 Å². The predicted octanol–water partition coefficient (Wildman–Crippen LogP) is 3.65. The van der Waals surface area contributed by atoms with Crippen LogP contribution in [0.2, 0.25) is 0 Å². The molecule has 1 aromatic carbocycles. The molecule has 3 aromatic rings. The monoisotopic (exact) mass is 298 g/mol. The van der Waals surface area contributed by atoms with E-state index in [-0.39, 0.29) is 0 Å². The number of hydrogen-bond acceptors (Lipinski definition) is 4. The summed E-state index contributed by atoms with van der Waals surface area (Å²) in [6, 6.07) is 8.63. The Kier molecular flexibility index (Phi) is 3.68. The van der Waals surface area contributed by atoms with Crippen molar-refractivity contribution < 1.29 is 0 Å². The van der Waals surface area contributed by atoms with Gasteiger partial charge in [0, 0.05) is 17.1 Å². The molecule has 5 heteroatoms. The van der Waals surface area contributed by atoms with E-state index in [2.05, 4.69) is 47.1 Å². The van der Waals surface area contributed by atoms with Crippen molar-refractivity contribution >= 4 is 17.5 Å². The average molecular weight is 298 g/mol. The van der Waals surface area contributed by atoms with E-state index in [1.54, 1.807) is 16.3 Å². The van der Waals surface area contributed by atoms with Crippen LogP contribution in [-0.4, -0.2) is 19.6 Å². The maximum absolute atomic E-state index is 4.52. The van der Waals surface area contributed by atoms with Crippen molar-refractivity contribution in [2.75, 3.05) is 0 Å². The fourth-order valence-corrected chi connectivity index (χ4v) is 3.26. The Morgan fingerprint density at radius 1 is 0.952 bits per heavy atom. The summed E-state index contributed by atoms with van der Waals surface area (Å²) in [5.74, 6) is 1.55. The number of thioether (sulfide) groups is 1. The molecule has 2 aromatic heterocycles. The number of rotatable bonds is 3. The summed E-state index contributed by atoms with van der Waals surface area (Å²) in [6.45, 7) is 8.25. The molecule has 0 saturated carbocycles. The first-order valence-corrected chi connectivity index (χ1v) is 7.91. The van der Waals surface area contributed by atoms with E-state index in [0.717, 1.165) is 22.3 Å². The highest BCUT2D eigenvalue weighted by Crippen LogP contribution is 2.21. The Balaban J connectivity index is 1.83. The van der Waals surface area contributed by atoms with E-state index in [4.69, 9.17) is 0 Å². The van der Waals surface area contributed by atoms with Gasteiger partial charge in [-0.3, -0.25) is 0 Å². The third-order valence-electron chi connectivity index (χ3n) is 3.25. The zero-order valence-electron chi connectivity index (χ0n) is 12.7. The summed E-state index contributed by atoms with van der Waals surface area (Å²) in [4.78, 5) is 8.91. The van der Waals surface area contributed by atoms with Crippen LogP contribution in [0.4, 0.5) is 0 Å². The fraction of sp³-hybridized carbons (Fsp3) is 0.312. The van der Waals surface area contributed by atoms with Crippen molar-refractivity contribution in [2.45, 2.75) is 38.6 Å². The van der Waals surface area contributed by atoms with Crippen molar-refractivity contribution in [3.63, 3.8) is 0 Å². The third kappa shape index (κ3) is 3.08. The Morgan fingerprint density at radius 2 is 1.67 bits per heavy atom. The zero-order valence-corrected chi connectivity index (χ0v) is 13.5. The molecule has 0 spiro atoms. The van der Waals surface area contributed by atoms with Crippen LogP contribution in [-0.2, 0) is 5.75 Å². The second kappa shape index (κ2) is 5.48. The SMILES string of the molecule is Cc1cc(C)cc(CSc2nc3nc(C)cc(C)n3n2)c1. The molecule has 0 radical (unpaired) electrons. The Bertz CT molecular complexity index is 787. The maximum atomic E-state index is 4.52. The maximum Gasteiger partial charge on any atom is 0.253 e. The molecule has 0 unspecified atom stereocenters. The minimum absolute atomic E-state index is 0.676. The van der Waals surface area contributed by atoms with Crippen molar-refractivity contribution in [2.24, 2.45) is 0 Å². The lowest BCUT2D eigenvalue weighted by Gasteiger charge is -2.02. The lowest BCUT2D eigenvalue weighted by atomic mass is 10.1. The number of fused-ring (bicyclic) bond motifs is 1. The Morgan fingerprint density at radius 3 is 2.38 bits per heavy atom. The Labute approximate surface area is 128 Å². The van der Waals surface area contributed by atoms with Crippen molar-refractivity contribution in [3.8, 4) is 0 Å². The second-order valence-electron chi connectivity index (χ2n) is 5.43. The molecular weight excluding hydrogens is 280 g/mol. The molecule has 0 atom stereocenters. The number of benzene rings is 1. The van der Waals surface area contributed by atoms with Crippen LogP contribution in [0.1, 0.15) is 28.1 Å². The largest absolute Gasteiger partial charge is 0.253 e. The van der Waals surface area contributed by atoms with Crippen molar-refractivity contribution in [3.05, 3.63) is 52.3 Å². The predicted molar refractivity (Wildman–Crippen MR) is 85.7 cm³/mol. The highest BCUT2D eigenvalue weighted by atomic mass is 32.2. The number of aromatic nitrogens is 4. The highest BCUT2D eigenvalue weighted by molar-refractivity contribution is 7.98. The van der Waals surface area contributed by atoms with Gasteiger partial charge in [-0.15, -0.1) is 5.10 Å². The first-order valence-electron chi connectivity index (χ1n) is 6.92. The first kappa shape index (κ1) is 14.1. The van der Waals surface area contributed by atoms with E-state index >= 15 is 0 Å². The van der Waals surface area contributed by atoms with Gasteiger partial charge in [0.2, 0.25) is 5.16 Å². The van der Waals surface area contributed by atoms with Crippen LogP contribution in [0.3, 0.4) is 0 Å². The van der Waals surface area contributed by atoms with Gasteiger partial charge < -0.3 is 0 Å². The summed E-state index contributed by atoms with van der Waals surface area (Å²) in [6.07, 6.45) is 0.